The first-order valence-corrected chi connectivity index (χ1v) is 3.37. The molecule has 0 amide bonds. The van der Waals surface area contributed by atoms with Crippen LogP contribution in [0, 0.1) is 0 Å². The molecular formula is C7H15NO2. The average Bonchev–Trinajstić information content (AvgIpc) is 1.84. The summed E-state index contributed by atoms with van der Waals surface area (Å²) in [5.41, 5.74) is -0.497. The molecule has 2 N–H and O–H groups in total. The van der Waals surface area contributed by atoms with Crippen LogP contribution in [0.4, 0.5) is 0 Å². The first-order chi connectivity index (χ1) is 4.50. The van der Waals surface area contributed by atoms with Crippen molar-refractivity contribution in [1.82, 2.24) is 5.32 Å². The fourth-order valence-electron chi connectivity index (χ4n) is 0.493. The van der Waals surface area contributed by atoms with Gasteiger partial charge in [0.15, 0.2) is 0 Å². The molecule has 10 heavy (non-hydrogen) atoms. The second-order valence-electron chi connectivity index (χ2n) is 2.83. The monoisotopic (exact) mass is 145 g/mol. The van der Waals surface area contributed by atoms with Crippen LogP contribution in [0.2, 0.25) is 0 Å². The van der Waals surface area contributed by atoms with Crippen LogP contribution in [0.5, 0.6) is 0 Å². The fraction of sp³-hybridized carbons (Fsp3) is 0.857. The molecule has 0 unspecified atom stereocenters. The van der Waals surface area contributed by atoms with E-state index in [0.717, 1.165) is 0 Å². The Morgan fingerprint density at radius 2 is 2.10 bits per heavy atom. The molecule has 60 valence electrons. The van der Waals surface area contributed by atoms with E-state index in [-0.39, 0.29) is 12.4 Å². The van der Waals surface area contributed by atoms with Gasteiger partial charge in [0.25, 0.3) is 0 Å². The third-order valence-electron chi connectivity index (χ3n) is 1.56. The van der Waals surface area contributed by atoms with Crippen molar-refractivity contribution in [3.8, 4) is 0 Å². The van der Waals surface area contributed by atoms with Gasteiger partial charge in [0, 0.05) is 6.54 Å². The van der Waals surface area contributed by atoms with Gasteiger partial charge >= 0.3 is 0 Å². The van der Waals surface area contributed by atoms with Crippen molar-refractivity contribution in [3.05, 3.63) is 0 Å². The topological polar surface area (TPSA) is 49.3 Å². The highest BCUT2D eigenvalue weighted by Gasteiger charge is 2.21. The van der Waals surface area contributed by atoms with Crippen molar-refractivity contribution in [2.75, 3.05) is 13.2 Å². The minimum atomic E-state index is -0.497. The van der Waals surface area contributed by atoms with Crippen molar-refractivity contribution in [2.45, 2.75) is 26.3 Å². The summed E-state index contributed by atoms with van der Waals surface area (Å²) in [6.07, 6.45) is 0. The van der Waals surface area contributed by atoms with Gasteiger partial charge in [-0.05, 0) is 20.8 Å². The molecule has 0 radical (unpaired) electrons. The molecule has 0 saturated heterocycles. The predicted octanol–water partition coefficient (Wildman–Crippen LogP) is -0.0641. The zero-order valence-corrected chi connectivity index (χ0v) is 6.77. The molecule has 0 aromatic rings. The summed E-state index contributed by atoms with van der Waals surface area (Å²) in [6.45, 7) is 5.66. The number of Topliss-reactive ketones (excluding diaryl/α,β-unsaturated/α-hetero) is 1. The predicted molar refractivity (Wildman–Crippen MR) is 39.8 cm³/mol. The summed E-state index contributed by atoms with van der Waals surface area (Å²) in [5, 5.41) is 11.3. The van der Waals surface area contributed by atoms with E-state index in [1.54, 1.807) is 13.8 Å². The van der Waals surface area contributed by atoms with E-state index in [1.807, 2.05) is 0 Å². The average molecular weight is 145 g/mol. The van der Waals surface area contributed by atoms with Gasteiger partial charge in [0.1, 0.15) is 5.78 Å². The number of ketones is 1. The molecule has 3 heteroatoms. The number of carbonyl (C=O) groups excluding carboxylic acids is 1. The highest BCUT2D eigenvalue weighted by molar-refractivity contribution is 5.85. The normalized spacial score (nSPS) is 11.6. The Hall–Kier alpha value is -0.410. The molecular weight excluding hydrogens is 130 g/mol. The fourth-order valence-corrected chi connectivity index (χ4v) is 0.493. The van der Waals surface area contributed by atoms with E-state index in [1.165, 1.54) is 6.92 Å². The first kappa shape index (κ1) is 9.59. The van der Waals surface area contributed by atoms with Crippen LogP contribution in [-0.2, 0) is 4.79 Å². The lowest BCUT2D eigenvalue weighted by Gasteiger charge is -2.22. The van der Waals surface area contributed by atoms with Crippen LogP contribution in [-0.4, -0.2) is 29.6 Å². The van der Waals surface area contributed by atoms with Gasteiger partial charge in [-0.25, -0.2) is 0 Å². The highest BCUT2D eigenvalue weighted by atomic mass is 16.3. The lowest BCUT2D eigenvalue weighted by atomic mass is 10.0. The summed E-state index contributed by atoms with van der Waals surface area (Å²) >= 11 is 0. The van der Waals surface area contributed by atoms with Crippen molar-refractivity contribution >= 4 is 5.78 Å². The van der Waals surface area contributed by atoms with E-state index < -0.39 is 5.54 Å². The maximum Gasteiger partial charge on any atom is 0.149 e. The number of hydrogen-bond donors (Lipinski definition) is 2. The zero-order chi connectivity index (χ0) is 8.20. The van der Waals surface area contributed by atoms with E-state index in [4.69, 9.17) is 5.11 Å². The molecule has 0 aliphatic heterocycles. The number of carbonyl (C=O) groups is 1. The Balaban J connectivity index is 3.75. The molecule has 0 aromatic carbocycles. The molecule has 0 atom stereocenters. The molecule has 0 saturated carbocycles. The summed E-state index contributed by atoms with van der Waals surface area (Å²) in [7, 11) is 0. The van der Waals surface area contributed by atoms with Gasteiger partial charge in [0.2, 0.25) is 0 Å². The van der Waals surface area contributed by atoms with Crippen LogP contribution < -0.4 is 5.32 Å². The van der Waals surface area contributed by atoms with Gasteiger partial charge < -0.3 is 10.4 Å². The third kappa shape index (κ3) is 2.94. The SMILES string of the molecule is CC(=O)C(C)(C)NCCO. The Morgan fingerprint density at radius 1 is 1.60 bits per heavy atom. The lowest BCUT2D eigenvalue weighted by molar-refractivity contribution is -0.122. The van der Waals surface area contributed by atoms with E-state index in [9.17, 15) is 4.79 Å². The summed E-state index contributed by atoms with van der Waals surface area (Å²) in [6, 6.07) is 0. The number of nitrogens with one attached hydrogen (secondary N) is 1. The third-order valence-corrected chi connectivity index (χ3v) is 1.56. The quantitative estimate of drug-likeness (QED) is 0.582. The second-order valence-corrected chi connectivity index (χ2v) is 2.83. The van der Waals surface area contributed by atoms with E-state index in [2.05, 4.69) is 5.32 Å². The maximum absolute atomic E-state index is 10.8. The van der Waals surface area contributed by atoms with Crippen molar-refractivity contribution in [2.24, 2.45) is 0 Å². The van der Waals surface area contributed by atoms with Crippen LogP contribution in [0.15, 0.2) is 0 Å². The molecule has 0 aliphatic rings. The van der Waals surface area contributed by atoms with Crippen LogP contribution in [0.25, 0.3) is 0 Å². The van der Waals surface area contributed by atoms with Gasteiger partial charge in [-0.15, -0.1) is 0 Å². The van der Waals surface area contributed by atoms with Crippen molar-refractivity contribution in [1.29, 1.82) is 0 Å². The zero-order valence-electron chi connectivity index (χ0n) is 6.77. The molecule has 0 spiro atoms. The van der Waals surface area contributed by atoms with Gasteiger partial charge in [-0.1, -0.05) is 0 Å². The Morgan fingerprint density at radius 3 is 2.40 bits per heavy atom. The summed E-state index contributed by atoms with van der Waals surface area (Å²) in [4.78, 5) is 10.8. The standard InChI is InChI=1S/C7H15NO2/c1-6(10)7(2,3)8-4-5-9/h8-9H,4-5H2,1-3H3. The summed E-state index contributed by atoms with van der Waals surface area (Å²) < 4.78 is 0. The molecule has 3 nitrogen and oxygen atoms in total. The number of rotatable bonds is 4. The number of hydrogen-bond acceptors (Lipinski definition) is 3. The smallest absolute Gasteiger partial charge is 0.149 e. The number of aliphatic hydroxyl groups excluding tert-OH is 1. The Kier molecular flexibility index (Phi) is 3.53. The van der Waals surface area contributed by atoms with Crippen LogP contribution in [0.1, 0.15) is 20.8 Å². The Bertz CT molecular complexity index is 121. The van der Waals surface area contributed by atoms with Crippen molar-refractivity contribution < 1.29 is 9.90 Å². The second kappa shape index (κ2) is 3.68. The van der Waals surface area contributed by atoms with Gasteiger partial charge in [-0.2, -0.15) is 0 Å². The van der Waals surface area contributed by atoms with Crippen LogP contribution >= 0.6 is 0 Å². The minimum Gasteiger partial charge on any atom is -0.395 e. The molecule has 0 heterocycles. The summed E-state index contributed by atoms with van der Waals surface area (Å²) in [5.74, 6) is 0.0842. The molecule has 0 aromatic heterocycles. The molecule has 0 rings (SSSR count). The molecule has 0 fully saturated rings. The Labute approximate surface area is 61.4 Å². The van der Waals surface area contributed by atoms with Crippen molar-refractivity contribution in [3.63, 3.8) is 0 Å². The van der Waals surface area contributed by atoms with Crippen LogP contribution in [0.3, 0.4) is 0 Å². The number of β-amino-alcohol motifs (C(OH)–C–C–N with tert-alkyl or cyclic N) is 1. The largest absolute Gasteiger partial charge is 0.395 e. The highest BCUT2D eigenvalue weighted by Crippen LogP contribution is 2.01. The van der Waals surface area contributed by atoms with Gasteiger partial charge in [-0.3, -0.25) is 4.79 Å². The number of aliphatic hydroxyl groups is 1. The molecule has 0 bridgehead atoms. The maximum atomic E-state index is 10.8. The minimum absolute atomic E-state index is 0.0662. The van der Waals surface area contributed by atoms with E-state index in [0.29, 0.717) is 6.54 Å². The lowest BCUT2D eigenvalue weighted by Crippen LogP contribution is -2.46. The van der Waals surface area contributed by atoms with E-state index >= 15 is 0 Å². The first-order valence-electron chi connectivity index (χ1n) is 3.37. The van der Waals surface area contributed by atoms with Gasteiger partial charge in [0.05, 0.1) is 12.1 Å². The molecule has 0 aliphatic carbocycles.